The molecule has 0 aliphatic carbocycles. The molecule has 1 fully saturated rings. The first kappa shape index (κ1) is 13.8. The van der Waals surface area contributed by atoms with Crippen molar-refractivity contribution in [1.82, 2.24) is 4.90 Å². The number of carbonyl (C=O) groups is 1. The highest BCUT2D eigenvalue weighted by Crippen LogP contribution is 2.22. The van der Waals surface area contributed by atoms with Crippen molar-refractivity contribution < 1.29 is 13.9 Å². The van der Waals surface area contributed by atoms with Gasteiger partial charge in [0, 0.05) is 18.7 Å². The second kappa shape index (κ2) is 6.04. The van der Waals surface area contributed by atoms with Crippen LogP contribution in [-0.2, 0) is 11.2 Å². The summed E-state index contributed by atoms with van der Waals surface area (Å²) in [6.07, 6.45) is 2.30. The van der Waals surface area contributed by atoms with Crippen molar-refractivity contribution in [2.75, 3.05) is 20.2 Å². The summed E-state index contributed by atoms with van der Waals surface area (Å²) in [6, 6.07) is 4.29. The van der Waals surface area contributed by atoms with E-state index in [0.717, 1.165) is 25.9 Å². The molecule has 1 heterocycles. The van der Waals surface area contributed by atoms with Crippen LogP contribution in [0.4, 0.5) is 4.39 Å². The maximum atomic E-state index is 13.2. The van der Waals surface area contributed by atoms with Crippen molar-refractivity contribution in [3.8, 4) is 5.75 Å². The number of halogens is 1. The van der Waals surface area contributed by atoms with Crippen molar-refractivity contribution >= 4 is 5.91 Å². The van der Waals surface area contributed by atoms with Gasteiger partial charge < -0.3 is 9.64 Å². The van der Waals surface area contributed by atoms with E-state index >= 15 is 0 Å². The van der Waals surface area contributed by atoms with Crippen LogP contribution < -0.4 is 4.74 Å². The smallest absolute Gasteiger partial charge is 0.227 e. The fourth-order valence-corrected chi connectivity index (χ4v) is 2.42. The average Bonchev–Trinajstić information content (AvgIpc) is 2.39. The summed E-state index contributed by atoms with van der Waals surface area (Å²) in [6.45, 7) is 3.81. The summed E-state index contributed by atoms with van der Waals surface area (Å²) in [5, 5.41) is 0. The number of carbonyl (C=O) groups excluding carboxylic acids is 1. The molecule has 4 heteroatoms. The van der Waals surface area contributed by atoms with Gasteiger partial charge in [-0.1, -0.05) is 6.92 Å². The third kappa shape index (κ3) is 3.46. The topological polar surface area (TPSA) is 29.5 Å². The van der Waals surface area contributed by atoms with Crippen LogP contribution in [0.15, 0.2) is 18.2 Å². The normalized spacial score (nSPS) is 16.5. The van der Waals surface area contributed by atoms with Gasteiger partial charge >= 0.3 is 0 Å². The molecule has 104 valence electrons. The van der Waals surface area contributed by atoms with Gasteiger partial charge in [-0.25, -0.2) is 4.39 Å². The van der Waals surface area contributed by atoms with E-state index in [4.69, 9.17) is 4.74 Å². The first-order valence-electron chi connectivity index (χ1n) is 6.70. The molecule has 1 aromatic rings. The molecule has 1 aliphatic heterocycles. The molecule has 0 radical (unpaired) electrons. The molecule has 0 N–H and O–H groups in total. The van der Waals surface area contributed by atoms with Crippen molar-refractivity contribution in [1.29, 1.82) is 0 Å². The Kier molecular flexibility index (Phi) is 4.40. The highest BCUT2D eigenvalue weighted by atomic mass is 19.1. The fourth-order valence-electron chi connectivity index (χ4n) is 2.42. The number of nitrogens with zero attached hydrogens (tertiary/aromatic N) is 1. The largest absolute Gasteiger partial charge is 0.496 e. The third-order valence-electron chi connectivity index (χ3n) is 3.72. The Bertz CT molecular complexity index is 453. The van der Waals surface area contributed by atoms with Gasteiger partial charge in [0.05, 0.1) is 13.5 Å². The minimum Gasteiger partial charge on any atom is -0.496 e. The maximum Gasteiger partial charge on any atom is 0.227 e. The number of benzene rings is 1. The lowest BCUT2D eigenvalue weighted by atomic mass is 9.98. The Balaban J connectivity index is 2.04. The Morgan fingerprint density at radius 1 is 1.42 bits per heavy atom. The zero-order valence-corrected chi connectivity index (χ0v) is 11.5. The molecule has 1 aromatic carbocycles. The van der Waals surface area contributed by atoms with Crippen LogP contribution in [0.25, 0.3) is 0 Å². The minimum atomic E-state index is -0.337. The summed E-state index contributed by atoms with van der Waals surface area (Å²) in [5.74, 6) is 0.972. The molecule has 0 unspecified atom stereocenters. The second-order valence-corrected chi connectivity index (χ2v) is 5.20. The van der Waals surface area contributed by atoms with Crippen LogP contribution in [0, 0.1) is 11.7 Å². The quantitative estimate of drug-likeness (QED) is 0.841. The van der Waals surface area contributed by atoms with E-state index < -0.39 is 0 Å². The Hall–Kier alpha value is -1.58. The van der Waals surface area contributed by atoms with E-state index in [0.29, 0.717) is 17.2 Å². The Morgan fingerprint density at radius 3 is 2.74 bits per heavy atom. The van der Waals surface area contributed by atoms with E-state index in [1.54, 1.807) is 6.07 Å². The highest BCUT2D eigenvalue weighted by Gasteiger charge is 2.21. The summed E-state index contributed by atoms with van der Waals surface area (Å²) in [7, 11) is 1.53. The molecule has 0 spiro atoms. The van der Waals surface area contributed by atoms with Crippen molar-refractivity contribution in [2.45, 2.75) is 26.2 Å². The van der Waals surface area contributed by atoms with E-state index in [-0.39, 0.29) is 18.1 Å². The third-order valence-corrected chi connectivity index (χ3v) is 3.72. The predicted molar refractivity (Wildman–Crippen MR) is 71.6 cm³/mol. The predicted octanol–water partition coefficient (Wildman–Crippen LogP) is 2.64. The second-order valence-electron chi connectivity index (χ2n) is 5.20. The number of hydrogen-bond acceptors (Lipinski definition) is 2. The van der Waals surface area contributed by atoms with Crippen molar-refractivity contribution in [3.05, 3.63) is 29.6 Å². The molecule has 1 saturated heterocycles. The number of amides is 1. The highest BCUT2D eigenvalue weighted by molar-refractivity contribution is 5.79. The molecule has 0 aromatic heterocycles. The van der Waals surface area contributed by atoms with Gasteiger partial charge in [0.2, 0.25) is 5.91 Å². The number of likely N-dealkylation sites (tertiary alicyclic amines) is 1. The number of rotatable bonds is 3. The molecule has 0 atom stereocenters. The van der Waals surface area contributed by atoms with E-state index in [9.17, 15) is 9.18 Å². The minimum absolute atomic E-state index is 0.0517. The summed E-state index contributed by atoms with van der Waals surface area (Å²) >= 11 is 0. The number of ether oxygens (including phenoxy) is 1. The fraction of sp³-hybridized carbons (Fsp3) is 0.533. The van der Waals surface area contributed by atoms with Crippen LogP contribution >= 0.6 is 0 Å². The van der Waals surface area contributed by atoms with E-state index in [2.05, 4.69) is 6.92 Å². The SMILES string of the molecule is COc1ccc(F)cc1CC(=O)N1CCC(C)CC1. The van der Waals surface area contributed by atoms with Crippen LogP contribution in [0.1, 0.15) is 25.3 Å². The zero-order chi connectivity index (χ0) is 13.8. The Morgan fingerprint density at radius 2 is 2.11 bits per heavy atom. The van der Waals surface area contributed by atoms with Gasteiger partial charge in [-0.15, -0.1) is 0 Å². The van der Waals surface area contributed by atoms with E-state index in [1.807, 2.05) is 4.90 Å². The van der Waals surface area contributed by atoms with Gasteiger partial charge in [-0.2, -0.15) is 0 Å². The monoisotopic (exact) mass is 265 g/mol. The maximum absolute atomic E-state index is 13.2. The number of piperidine rings is 1. The van der Waals surface area contributed by atoms with Crippen LogP contribution in [0.3, 0.4) is 0 Å². The molecule has 0 bridgehead atoms. The van der Waals surface area contributed by atoms with Gasteiger partial charge in [0.15, 0.2) is 0 Å². The molecular weight excluding hydrogens is 245 g/mol. The lowest BCUT2D eigenvalue weighted by Crippen LogP contribution is -2.38. The van der Waals surface area contributed by atoms with Crippen LogP contribution in [-0.4, -0.2) is 31.0 Å². The first-order valence-corrected chi connectivity index (χ1v) is 6.70. The Labute approximate surface area is 113 Å². The molecule has 1 aliphatic rings. The molecular formula is C15H20FNO2. The first-order chi connectivity index (χ1) is 9.10. The lowest BCUT2D eigenvalue weighted by Gasteiger charge is -2.30. The number of hydrogen-bond donors (Lipinski definition) is 0. The molecule has 19 heavy (non-hydrogen) atoms. The van der Waals surface area contributed by atoms with Gasteiger partial charge in [-0.05, 0) is 37.0 Å². The molecule has 1 amide bonds. The standard InChI is InChI=1S/C15H20FNO2/c1-11-5-7-17(8-6-11)15(18)10-12-9-13(16)3-4-14(12)19-2/h3-4,9,11H,5-8,10H2,1-2H3. The summed E-state index contributed by atoms with van der Waals surface area (Å²) in [5.41, 5.74) is 0.617. The van der Waals surface area contributed by atoms with Crippen LogP contribution in [0.2, 0.25) is 0 Å². The van der Waals surface area contributed by atoms with Gasteiger partial charge in [0.1, 0.15) is 11.6 Å². The van der Waals surface area contributed by atoms with Gasteiger partial charge in [-0.3, -0.25) is 4.79 Å². The summed E-state index contributed by atoms with van der Waals surface area (Å²) < 4.78 is 18.4. The van der Waals surface area contributed by atoms with Crippen LogP contribution in [0.5, 0.6) is 5.75 Å². The van der Waals surface area contributed by atoms with Gasteiger partial charge in [0.25, 0.3) is 0 Å². The number of methoxy groups -OCH3 is 1. The molecule has 0 saturated carbocycles. The molecule has 3 nitrogen and oxygen atoms in total. The lowest BCUT2D eigenvalue weighted by molar-refractivity contribution is -0.131. The van der Waals surface area contributed by atoms with Crippen molar-refractivity contribution in [2.24, 2.45) is 5.92 Å². The van der Waals surface area contributed by atoms with E-state index in [1.165, 1.54) is 19.2 Å². The summed E-state index contributed by atoms with van der Waals surface area (Å²) in [4.78, 5) is 14.1. The average molecular weight is 265 g/mol. The molecule has 2 rings (SSSR count). The van der Waals surface area contributed by atoms with Crippen molar-refractivity contribution in [3.63, 3.8) is 0 Å². The zero-order valence-electron chi connectivity index (χ0n) is 11.5.